The van der Waals surface area contributed by atoms with E-state index in [0.717, 1.165) is 54.9 Å². The van der Waals surface area contributed by atoms with E-state index in [4.69, 9.17) is 4.52 Å². The highest BCUT2D eigenvalue weighted by Crippen LogP contribution is 2.37. The molecule has 0 unspecified atom stereocenters. The van der Waals surface area contributed by atoms with Crippen LogP contribution in [0, 0.1) is 5.92 Å². The Balaban J connectivity index is 1.32. The van der Waals surface area contributed by atoms with Gasteiger partial charge in [-0.15, -0.1) is 11.3 Å². The fourth-order valence-electron chi connectivity index (χ4n) is 3.83. The molecule has 2 amide bonds. The van der Waals surface area contributed by atoms with E-state index in [1.165, 1.54) is 16.9 Å². The van der Waals surface area contributed by atoms with E-state index in [9.17, 15) is 9.59 Å². The van der Waals surface area contributed by atoms with Crippen LogP contribution >= 0.6 is 11.3 Å². The minimum absolute atomic E-state index is 0.176. The van der Waals surface area contributed by atoms with E-state index in [1.807, 2.05) is 36.3 Å². The standard InChI is InChI=1S/C23H24N4O3S/c1-13(2)17-11-20(30-26-17)21(28)25-23-24-18(12-31-23)15-7-8-19-16(10-15)4-3-9-27(19)22(29)14-5-6-14/h7-8,10-14H,3-6,9H2,1-2H3,(H,24,25,28). The lowest BCUT2D eigenvalue weighted by Crippen LogP contribution is -2.36. The van der Waals surface area contributed by atoms with Gasteiger partial charge in [-0.3, -0.25) is 14.9 Å². The second kappa shape index (κ2) is 7.92. The van der Waals surface area contributed by atoms with Crippen LogP contribution in [0.2, 0.25) is 0 Å². The molecule has 1 saturated carbocycles. The third kappa shape index (κ3) is 3.99. The molecule has 0 radical (unpaired) electrons. The maximum atomic E-state index is 12.6. The molecule has 5 rings (SSSR count). The van der Waals surface area contributed by atoms with Crippen LogP contribution in [0.4, 0.5) is 10.8 Å². The molecule has 8 heteroatoms. The second-order valence-corrected chi connectivity index (χ2v) is 9.33. The Morgan fingerprint density at radius 2 is 2.10 bits per heavy atom. The van der Waals surface area contributed by atoms with Gasteiger partial charge in [-0.2, -0.15) is 0 Å². The van der Waals surface area contributed by atoms with Crippen molar-refractivity contribution in [3.63, 3.8) is 0 Å². The number of nitrogens with zero attached hydrogens (tertiary/aromatic N) is 3. The SMILES string of the molecule is CC(C)c1cc(C(=O)Nc2nc(-c3ccc4c(c3)CCCN4C(=O)C3CC3)cs2)on1. The summed E-state index contributed by atoms with van der Waals surface area (Å²) in [6.45, 7) is 4.79. The lowest BCUT2D eigenvalue weighted by molar-refractivity contribution is -0.119. The van der Waals surface area contributed by atoms with Crippen molar-refractivity contribution in [2.75, 3.05) is 16.8 Å². The molecule has 7 nitrogen and oxygen atoms in total. The fraction of sp³-hybridized carbons (Fsp3) is 0.391. The summed E-state index contributed by atoms with van der Waals surface area (Å²) in [6.07, 6.45) is 3.96. The Labute approximate surface area is 184 Å². The van der Waals surface area contributed by atoms with Gasteiger partial charge in [0, 0.05) is 35.2 Å². The molecule has 0 atom stereocenters. The first-order valence-corrected chi connectivity index (χ1v) is 11.6. The second-order valence-electron chi connectivity index (χ2n) is 8.47. The fourth-order valence-corrected chi connectivity index (χ4v) is 4.54. The summed E-state index contributed by atoms with van der Waals surface area (Å²) in [5.74, 6) is 0.489. The number of hydrogen-bond acceptors (Lipinski definition) is 6. The maximum absolute atomic E-state index is 12.6. The van der Waals surface area contributed by atoms with Gasteiger partial charge in [-0.05, 0) is 49.3 Å². The number of hydrogen-bond donors (Lipinski definition) is 1. The third-order valence-electron chi connectivity index (χ3n) is 5.75. The van der Waals surface area contributed by atoms with Gasteiger partial charge in [0.15, 0.2) is 5.13 Å². The highest BCUT2D eigenvalue weighted by Gasteiger charge is 2.35. The Morgan fingerprint density at radius 3 is 2.84 bits per heavy atom. The molecule has 31 heavy (non-hydrogen) atoms. The molecular weight excluding hydrogens is 412 g/mol. The first kappa shape index (κ1) is 19.9. The average molecular weight is 437 g/mol. The van der Waals surface area contributed by atoms with Crippen molar-refractivity contribution < 1.29 is 14.1 Å². The van der Waals surface area contributed by atoms with E-state index >= 15 is 0 Å². The maximum Gasteiger partial charge on any atom is 0.296 e. The van der Waals surface area contributed by atoms with Crippen LogP contribution in [0.1, 0.15) is 60.8 Å². The number of aromatic nitrogens is 2. The summed E-state index contributed by atoms with van der Waals surface area (Å²) in [6, 6.07) is 7.81. The number of anilines is 2. The van der Waals surface area contributed by atoms with Crippen LogP contribution in [0.3, 0.4) is 0 Å². The molecule has 1 aromatic carbocycles. The number of amides is 2. The van der Waals surface area contributed by atoms with Crippen molar-refractivity contribution in [1.82, 2.24) is 10.1 Å². The zero-order valence-electron chi connectivity index (χ0n) is 17.6. The Kier molecular flexibility index (Phi) is 5.09. The number of aryl methyl sites for hydroxylation is 1. The molecule has 2 aromatic heterocycles. The van der Waals surface area contributed by atoms with Gasteiger partial charge in [0.1, 0.15) is 0 Å². The van der Waals surface area contributed by atoms with Crippen LogP contribution in [-0.2, 0) is 11.2 Å². The number of fused-ring (bicyclic) bond motifs is 1. The predicted octanol–water partition coefficient (Wildman–Crippen LogP) is 4.86. The molecule has 160 valence electrons. The minimum atomic E-state index is -0.361. The normalized spacial score (nSPS) is 15.8. The topological polar surface area (TPSA) is 88.3 Å². The number of carbonyl (C=O) groups excluding carboxylic acids is 2. The molecule has 0 bridgehead atoms. The van der Waals surface area contributed by atoms with E-state index in [1.54, 1.807) is 6.07 Å². The smallest absolute Gasteiger partial charge is 0.296 e. The number of thiazole rings is 1. The Bertz CT molecular complexity index is 1150. The summed E-state index contributed by atoms with van der Waals surface area (Å²) < 4.78 is 5.15. The van der Waals surface area contributed by atoms with Crippen LogP contribution in [0.25, 0.3) is 11.3 Å². The van der Waals surface area contributed by atoms with Crippen LogP contribution in [-0.4, -0.2) is 28.5 Å². The quantitative estimate of drug-likeness (QED) is 0.617. The zero-order valence-corrected chi connectivity index (χ0v) is 18.4. The van der Waals surface area contributed by atoms with E-state index < -0.39 is 0 Å². The van der Waals surface area contributed by atoms with Crippen molar-refractivity contribution in [3.05, 3.63) is 46.7 Å². The first-order valence-electron chi connectivity index (χ1n) is 10.7. The molecule has 0 spiro atoms. The van der Waals surface area contributed by atoms with Crippen LogP contribution in [0.5, 0.6) is 0 Å². The molecule has 1 aliphatic carbocycles. The largest absolute Gasteiger partial charge is 0.351 e. The summed E-state index contributed by atoms with van der Waals surface area (Å²) in [5, 5.41) is 9.14. The summed E-state index contributed by atoms with van der Waals surface area (Å²) >= 11 is 1.37. The van der Waals surface area contributed by atoms with Crippen molar-refractivity contribution in [3.8, 4) is 11.3 Å². The molecule has 1 fully saturated rings. The van der Waals surface area contributed by atoms with Gasteiger partial charge in [0.25, 0.3) is 5.91 Å². The average Bonchev–Trinajstić information content (AvgIpc) is 3.30. The van der Waals surface area contributed by atoms with Gasteiger partial charge in [-0.25, -0.2) is 4.98 Å². The van der Waals surface area contributed by atoms with Crippen molar-refractivity contribution in [2.24, 2.45) is 5.92 Å². The summed E-state index contributed by atoms with van der Waals surface area (Å²) in [4.78, 5) is 31.6. The first-order chi connectivity index (χ1) is 15.0. The van der Waals surface area contributed by atoms with Crippen molar-refractivity contribution >= 4 is 34.0 Å². The minimum Gasteiger partial charge on any atom is -0.351 e. The summed E-state index contributed by atoms with van der Waals surface area (Å²) in [7, 11) is 0. The van der Waals surface area contributed by atoms with E-state index in [-0.39, 0.29) is 29.4 Å². The molecule has 1 N–H and O–H groups in total. The number of rotatable bonds is 5. The summed E-state index contributed by atoms with van der Waals surface area (Å²) in [5.41, 5.74) is 4.74. The monoisotopic (exact) mass is 436 g/mol. The highest BCUT2D eigenvalue weighted by atomic mass is 32.1. The van der Waals surface area contributed by atoms with Gasteiger partial charge in [0.05, 0.1) is 11.4 Å². The van der Waals surface area contributed by atoms with Crippen LogP contribution < -0.4 is 10.2 Å². The molecule has 3 heterocycles. The van der Waals surface area contributed by atoms with Crippen molar-refractivity contribution in [1.29, 1.82) is 0 Å². The molecule has 2 aliphatic rings. The van der Waals surface area contributed by atoms with E-state index in [2.05, 4.69) is 21.5 Å². The van der Waals surface area contributed by atoms with Gasteiger partial charge < -0.3 is 9.42 Å². The lowest BCUT2D eigenvalue weighted by Gasteiger charge is -2.30. The molecule has 1 aliphatic heterocycles. The number of nitrogens with one attached hydrogen (secondary N) is 1. The van der Waals surface area contributed by atoms with Gasteiger partial charge in [-0.1, -0.05) is 25.1 Å². The van der Waals surface area contributed by atoms with Crippen LogP contribution in [0.15, 0.2) is 34.2 Å². The number of benzene rings is 1. The zero-order chi connectivity index (χ0) is 21.5. The Morgan fingerprint density at radius 1 is 1.26 bits per heavy atom. The van der Waals surface area contributed by atoms with Gasteiger partial charge in [0.2, 0.25) is 11.7 Å². The third-order valence-corrected chi connectivity index (χ3v) is 6.51. The van der Waals surface area contributed by atoms with Gasteiger partial charge >= 0.3 is 0 Å². The lowest BCUT2D eigenvalue weighted by atomic mass is 9.98. The predicted molar refractivity (Wildman–Crippen MR) is 119 cm³/mol. The molecule has 3 aromatic rings. The number of carbonyl (C=O) groups is 2. The molecule has 0 saturated heterocycles. The Hall–Kier alpha value is -3.00. The highest BCUT2D eigenvalue weighted by molar-refractivity contribution is 7.14. The van der Waals surface area contributed by atoms with E-state index in [0.29, 0.717) is 5.13 Å². The molecular formula is C23H24N4O3S. The van der Waals surface area contributed by atoms with Crippen molar-refractivity contribution in [2.45, 2.75) is 45.4 Å².